The molecule has 0 amide bonds. The zero-order valence-corrected chi connectivity index (χ0v) is 10.0. The van der Waals surface area contributed by atoms with Crippen molar-refractivity contribution in [1.82, 2.24) is 0 Å². The average Bonchev–Trinajstić information content (AvgIpc) is 2.63. The van der Waals surface area contributed by atoms with Gasteiger partial charge in [-0.05, 0) is 31.4 Å². The summed E-state index contributed by atoms with van der Waals surface area (Å²) in [6.45, 7) is 0. The molecular formula is C11H16O5S. The Morgan fingerprint density at radius 2 is 1.47 bits per heavy atom. The fraction of sp³-hybridized carbons (Fsp3) is 0.455. The van der Waals surface area contributed by atoms with Gasteiger partial charge in [0.05, 0.1) is 17.1 Å². The van der Waals surface area contributed by atoms with Crippen LogP contribution in [-0.2, 0) is 10.1 Å². The van der Waals surface area contributed by atoms with Gasteiger partial charge in [0.15, 0.2) is 0 Å². The van der Waals surface area contributed by atoms with Crippen LogP contribution < -0.4 is 0 Å². The third-order valence-corrected chi connectivity index (χ3v) is 3.29. The molecule has 0 radical (unpaired) electrons. The molecule has 0 aliphatic heterocycles. The summed E-state index contributed by atoms with van der Waals surface area (Å²) in [4.78, 5) is -0.0741. The van der Waals surface area contributed by atoms with E-state index in [0.717, 1.165) is 12.8 Å². The first kappa shape index (κ1) is 14.1. The van der Waals surface area contributed by atoms with E-state index in [2.05, 4.69) is 0 Å². The summed E-state index contributed by atoms with van der Waals surface area (Å²) in [7, 11) is -4.00. The van der Waals surface area contributed by atoms with Crippen LogP contribution >= 0.6 is 0 Å². The maximum atomic E-state index is 10.4. The first-order valence-corrected chi connectivity index (χ1v) is 6.72. The van der Waals surface area contributed by atoms with Gasteiger partial charge in [-0.1, -0.05) is 18.2 Å². The lowest BCUT2D eigenvalue weighted by atomic mass is 10.3. The summed E-state index contributed by atoms with van der Waals surface area (Å²) >= 11 is 0. The normalized spacial score (nSPS) is 23.9. The van der Waals surface area contributed by atoms with E-state index in [1.54, 1.807) is 18.2 Å². The number of aliphatic hydroxyl groups excluding tert-OH is 2. The fourth-order valence-corrected chi connectivity index (χ4v) is 2.03. The highest BCUT2D eigenvalue weighted by atomic mass is 32.2. The molecule has 1 aliphatic rings. The largest absolute Gasteiger partial charge is 0.393 e. The van der Waals surface area contributed by atoms with Gasteiger partial charge in [0.2, 0.25) is 0 Å². The van der Waals surface area contributed by atoms with Crippen LogP contribution in [0, 0.1) is 0 Å². The van der Waals surface area contributed by atoms with Gasteiger partial charge in [-0.15, -0.1) is 0 Å². The topological polar surface area (TPSA) is 94.8 Å². The molecule has 0 bridgehead atoms. The molecule has 0 heterocycles. The van der Waals surface area contributed by atoms with Gasteiger partial charge < -0.3 is 10.2 Å². The van der Waals surface area contributed by atoms with E-state index in [9.17, 15) is 8.42 Å². The van der Waals surface area contributed by atoms with Gasteiger partial charge in [-0.25, -0.2) is 0 Å². The highest BCUT2D eigenvalue weighted by Crippen LogP contribution is 2.17. The molecule has 2 unspecified atom stereocenters. The van der Waals surface area contributed by atoms with E-state index in [4.69, 9.17) is 14.8 Å². The molecule has 3 N–H and O–H groups in total. The summed E-state index contributed by atoms with van der Waals surface area (Å²) in [6.07, 6.45) is 1.69. The molecule has 5 nitrogen and oxygen atoms in total. The molecule has 0 saturated heterocycles. The molecule has 2 rings (SSSR count). The fourth-order valence-electron chi connectivity index (χ4n) is 1.53. The lowest BCUT2D eigenvalue weighted by molar-refractivity contribution is 0.137. The van der Waals surface area contributed by atoms with E-state index in [1.165, 1.54) is 12.1 Å². The Labute approximate surface area is 100 Å². The van der Waals surface area contributed by atoms with Gasteiger partial charge in [-0.2, -0.15) is 8.42 Å². The zero-order chi connectivity index (χ0) is 12.9. The molecule has 1 saturated carbocycles. The van der Waals surface area contributed by atoms with Gasteiger partial charge in [0.1, 0.15) is 0 Å². The molecule has 0 spiro atoms. The van der Waals surface area contributed by atoms with E-state index in [1.807, 2.05) is 0 Å². The minimum absolute atomic E-state index is 0.0741. The van der Waals surface area contributed by atoms with Crippen LogP contribution in [0.15, 0.2) is 35.2 Å². The lowest BCUT2D eigenvalue weighted by Gasteiger charge is -1.95. The second-order valence-electron chi connectivity index (χ2n) is 3.91. The number of hydrogen-bond acceptors (Lipinski definition) is 4. The van der Waals surface area contributed by atoms with Crippen LogP contribution in [0.25, 0.3) is 0 Å². The SMILES string of the molecule is O=S(=O)(O)c1ccccc1.OC1CCC(O)C1. The minimum atomic E-state index is -4.00. The summed E-state index contributed by atoms with van der Waals surface area (Å²) in [5.41, 5.74) is 0. The summed E-state index contributed by atoms with van der Waals surface area (Å²) in [5, 5.41) is 17.5. The number of benzene rings is 1. The van der Waals surface area contributed by atoms with Gasteiger partial charge in [-0.3, -0.25) is 4.55 Å². The molecule has 1 aromatic carbocycles. The van der Waals surface area contributed by atoms with Gasteiger partial charge in [0.25, 0.3) is 10.1 Å². The van der Waals surface area contributed by atoms with Crippen molar-refractivity contribution in [2.24, 2.45) is 0 Å². The Morgan fingerprint density at radius 1 is 1.00 bits per heavy atom. The Bertz CT molecular complexity index is 420. The van der Waals surface area contributed by atoms with Crippen LogP contribution in [0.2, 0.25) is 0 Å². The highest BCUT2D eigenvalue weighted by Gasteiger charge is 2.19. The Hall–Kier alpha value is -0.950. The Morgan fingerprint density at radius 3 is 1.71 bits per heavy atom. The predicted octanol–water partition coefficient (Wildman–Crippen LogP) is 0.825. The monoisotopic (exact) mass is 260 g/mol. The van der Waals surface area contributed by atoms with Gasteiger partial charge in [0, 0.05) is 0 Å². The molecule has 17 heavy (non-hydrogen) atoms. The Kier molecular flexibility index (Phi) is 5.07. The third-order valence-electron chi connectivity index (χ3n) is 2.42. The van der Waals surface area contributed by atoms with E-state index < -0.39 is 10.1 Å². The second-order valence-corrected chi connectivity index (χ2v) is 5.33. The lowest BCUT2D eigenvalue weighted by Crippen LogP contribution is -2.02. The first-order chi connectivity index (χ1) is 7.89. The van der Waals surface area contributed by atoms with Crippen molar-refractivity contribution in [2.75, 3.05) is 0 Å². The van der Waals surface area contributed by atoms with E-state index >= 15 is 0 Å². The van der Waals surface area contributed by atoms with Crippen LogP contribution in [0.5, 0.6) is 0 Å². The van der Waals surface area contributed by atoms with Crippen molar-refractivity contribution in [3.63, 3.8) is 0 Å². The molecular weight excluding hydrogens is 244 g/mol. The standard InChI is InChI=1S/C6H6O3S.C5H10O2/c7-10(8,9)6-4-2-1-3-5-6;6-4-1-2-5(7)3-4/h1-5H,(H,7,8,9);4-7H,1-3H2. The summed E-state index contributed by atoms with van der Waals surface area (Å²) in [5.74, 6) is 0. The van der Waals surface area contributed by atoms with Crippen molar-refractivity contribution in [3.05, 3.63) is 30.3 Å². The molecule has 1 aromatic rings. The summed E-state index contributed by atoms with van der Waals surface area (Å²) in [6, 6.07) is 7.42. The number of aliphatic hydroxyl groups is 2. The third kappa shape index (κ3) is 5.27. The first-order valence-electron chi connectivity index (χ1n) is 5.28. The maximum Gasteiger partial charge on any atom is 0.294 e. The maximum absolute atomic E-state index is 10.4. The van der Waals surface area contributed by atoms with Crippen molar-refractivity contribution in [3.8, 4) is 0 Å². The average molecular weight is 260 g/mol. The van der Waals surface area contributed by atoms with Crippen molar-refractivity contribution < 1.29 is 23.2 Å². The molecule has 6 heteroatoms. The van der Waals surface area contributed by atoms with Crippen LogP contribution in [0.1, 0.15) is 19.3 Å². The molecule has 0 aromatic heterocycles. The zero-order valence-electron chi connectivity index (χ0n) is 9.23. The van der Waals surface area contributed by atoms with Crippen molar-refractivity contribution >= 4 is 10.1 Å². The summed E-state index contributed by atoms with van der Waals surface area (Å²) < 4.78 is 29.2. The van der Waals surface area contributed by atoms with Crippen molar-refractivity contribution in [2.45, 2.75) is 36.4 Å². The molecule has 1 fully saturated rings. The van der Waals surface area contributed by atoms with Crippen LogP contribution in [-0.4, -0.2) is 35.4 Å². The highest BCUT2D eigenvalue weighted by molar-refractivity contribution is 7.85. The van der Waals surface area contributed by atoms with Crippen LogP contribution in [0.4, 0.5) is 0 Å². The van der Waals surface area contributed by atoms with Crippen molar-refractivity contribution in [1.29, 1.82) is 0 Å². The van der Waals surface area contributed by atoms with Gasteiger partial charge >= 0.3 is 0 Å². The quantitative estimate of drug-likeness (QED) is 0.650. The number of rotatable bonds is 1. The Balaban J connectivity index is 0.000000181. The molecule has 96 valence electrons. The van der Waals surface area contributed by atoms with E-state index in [0.29, 0.717) is 6.42 Å². The smallest absolute Gasteiger partial charge is 0.294 e. The molecule has 1 aliphatic carbocycles. The number of hydrogen-bond donors (Lipinski definition) is 3. The minimum Gasteiger partial charge on any atom is -0.393 e. The van der Waals surface area contributed by atoms with Crippen LogP contribution in [0.3, 0.4) is 0 Å². The van der Waals surface area contributed by atoms with E-state index in [-0.39, 0.29) is 17.1 Å². The second kappa shape index (κ2) is 6.11. The molecule has 2 atom stereocenters. The predicted molar refractivity (Wildman–Crippen MR) is 62.1 cm³/mol.